The molecule has 0 bridgehead atoms. The zero-order chi connectivity index (χ0) is 15.9. The number of carbonyl (C=O) groups is 1. The highest BCUT2D eigenvalue weighted by atomic mass is 79.9. The number of ether oxygens (including phenoxy) is 1. The van der Waals surface area contributed by atoms with Crippen LogP contribution >= 0.6 is 27.5 Å². The fourth-order valence-corrected chi connectivity index (χ4v) is 2.32. The zero-order valence-corrected chi connectivity index (χ0v) is 14.6. The van der Waals surface area contributed by atoms with Crippen molar-refractivity contribution in [3.05, 3.63) is 51.9 Å². The number of hydrogen-bond donors (Lipinski definition) is 0. The maximum Gasteiger partial charge on any atom is 0.289 e. The first-order chi connectivity index (χ1) is 10.6. The molecule has 0 fully saturated rings. The van der Waals surface area contributed by atoms with E-state index in [-0.39, 0.29) is 5.91 Å². The van der Waals surface area contributed by atoms with Crippen molar-refractivity contribution >= 4 is 33.4 Å². The molecular weight excluding hydrogens is 370 g/mol. The van der Waals surface area contributed by atoms with Crippen LogP contribution in [0.4, 0.5) is 0 Å². The van der Waals surface area contributed by atoms with Crippen molar-refractivity contribution in [1.29, 1.82) is 0 Å². The minimum absolute atomic E-state index is 0.121. The summed E-state index contributed by atoms with van der Waals surface area (Å²) in [6.45, 7) is 1.26. The molecule has 118 valence electrons. The highest BCUT2D eigenvalue weighted by molar-refractivity contribution is 9.10. The van der Waals surface area contributed by atoms with Gasteiger partial charge in [0.25, 0.3) is 5.91 Å². The molecule has 1 aromatic heterocycles. The Balaban J connectivity index is 1.65. The van der Waals surface area contributed by atoms with E-state index < -0.39 is 0 Å². The van der Waals surface area contributed by atoms with E-state index in [0.717, 1.165) is 18.6 Å². The lowest BCUT2D eigenvalue weighted by Gasteiger charge is -2.15. The number of carbonyl (C=O) groups excluding carboxylic acids is 1. The Morgan fingerprint density at radius 1 is 1.23 bits per heavy atom. The van der Waals surface area contributed by atoms with Crippen LogP contribution in [0.25, 0.3) is 0 Å². The van der Waals surface area contributed by atoms with E-state index in [0.29, 0.717) is 28.6 Å². The van der Waals surface area contributed by atoms with E-state index in [1.165, 1.54) is 0 Å². The van der Waals surface area contributed by atoms with Crippen LogP contribution in [-0.2, 0) is 0 Å². The number of nitrogens with zero attached hydrogens (tertiary/aromatic N) is 1. The Morgan fingerprint density at radius 3 is 2.59 bits per heavy atom. The maximum atomic E-state index is 12.0. The number of benzene rings is 1. The summed E-state index contributed by atoms with van der Waals surface area (Å²) in [5.41, 5.74) is 0. The third-order valence-electron chi connectivity index (χ3n) is 3.10. The van der Waals surface area contributed by atoms with Crippen molar-refractivity contribution in [1.82, 2.24) is 4.90 Å². The second kappa shape index (κ2) is 8.25. The molecule has 2 rings (SSSR count). The molecule has 0 aliphatic rings. The van der Waals surface area contributed by atoms with E-state index in [1.807, 2.05) is 12.1 Å². The smallest absolute Gasteiger partial charge is 0.289 e. The number of furan rings is 1. The first-order valence-corrected chi connectivity index (χ1v) is 8.12. The van der Waals surface area contributed by atoms with Crippen LogP contribution in [0.2, 0.25) is 5.02 Å². The molecule has 1 aromatic carbocycles. The predicted octanol–water partition coefficient (Wildman–Crippen LogP) is 4.63. The topological polar surface area (TPSA) is 42.7 Å². The van der Waals surface area contributed by atoms with Crippen molar-refractivity contribution in [2.75, 3.05) is 20.2 Å². The molecule has 1 heterocycles. The summed E-state index contributed by atoms with van der Waals surface area (Å²) >= 11 is 9.00. The van der Waals surface area contributed by atoms with Crippen LogP contribution in [0.5, 0.6) is 5.75 Å². The molecule has 0 saturated heterocycles. The van der Waals surface area contributed by atoms with E-state index >= 15 is 0 Å². The quantitative estimate of drug-likeness (QED) is 0.652. The van der Waals surface area contributed by atoms with Gasteiger partial charge < -0.3 is 14.1 Å². The van der Waals surface area contributed by atoms with Crippen molar-refractivity contribution in [3.8, 4) is 5.75 Å². The van der Waals surface area contributed by atoms with E-state index in [4.69, 9.17) is 20.8 Å². The summed E-state index contributed by atoms with van der Waals surface area (Å²) in [4.78, 5) is 13.7. The molecule has 22 heavy (non-hydrogen) atoms. The van der Waals surface area contributed by atoms with Gasteiger partial charge in [0.05, 0.1) is 6.61 Å². The summed E-state index contributed by atoms with van der Waals surface area (Å²) in [6, 6.07) is 10.6. The Morgan fingerprint density at radius 2 is 1.95 bits per heavy atom. The first kappa shape index (κ1) is 16.9. The molecule has 6 heteroatoms. The molecule has 0 aliphatic heterocycles. The van der Waals surface area contributed by atoms with Gasteiger partial charge in [0, 0.05) is 18.6 Å². The number of rotatable bonds is 7. The number of unbranched alkanes of at least 4 members (excludes halogenated alkanes) is 1. The Labute approximate surface area is 143 Å². The van der Waals surface area contributed by atoms with Crippen LogP contribution in [0.15, 0.2) is 45.5 Å². The number of hydrogen-bond acceptors (Lipinski definition) is 3. The minimum atomic E-state index is -0.121. The van der Waals surface area contributed by atoms with Crippen molar-refractivity contribution in [2.24, 2.45) is 0 Å². The fraction of sp³-hybridized carbons (Fsp3) is 0.312. The Kier molecular flexibility index (Phi) is 6.34. The standard InChI is InChI=1S/C16H17BrClNO3/c1-19(16(20)14-8-9-15(17)22-14)10-2-3-11-21-13-6-4-12(18)5-7-13/h4-9H,2-3,10-11H2,1H3. The lowest BCUT2D eigenvalue weighted by Crippen LogP contribution is -2.27. The molecule has 4 nitrogen and oxygen atoms in total. The molecule has 0 aliphatic carbocycles. The average Bonchev–Trinajstić information content (AvgIpc) is 2.94. The zero-order valence-electron chi connectivity index (χ0n) is 12.2. The average molecular weight is 387 g/mol. The maximum absolute atomic E-state index is 12.0. The van der Waals surface area contributed by atoms with Gasteiger partial charge in [-0.15, -0.1) is 0 Å². The molecule has 0 atom stereocenters. The summed E-state index contributed by atoms with van der Waals surface area (Å²) < 4.78 is 11.4. The monoisotopic (exact) mass is 385 g/mol. The third kappa shape index (κ3) is 5.07. The van der Waals surface area contributed by atoms with Gasteiger partial charge in [-0.1, -0.05) is 11.6 Å². The van der Waals surface area contributed by atoms with Crippen molar-refractivity contribution in [3.63, 3.8) is 0 Å². The van der Waals surface area contributed by atoms with Gasteiger partial charge in [-0.25, -0.2) is 0 Å². The Hall–Kier alpha value is -1.46. The summed E-state index contributed by atoms with van der Waals surface area (Å²) in [7, 11) is 1.76. The van der Waals surface area contributed by atoms with Gasteiger partial charge in [0.15, 0.2) is 10.4 Å². The SMILES string of the molecule is CN(CCCCOc1ccc(Cl)cc1)C(=O)c1ccc(Br)o1. The van der Waals surface area contributed by atoms with Crippen molar-refractivity contribution in [2.45, 2.75) is 12.8 Å². The highest BCUT2D eigenvalue weighted by Crippen LogP contribution is 2.17. The van der Waals surface area contributed by atoms with Crippen molar-refractivity contribution < 1.29 is 13.9 Å². The molecule has 2 aromatic rings. The van der Waals surface area contributed by atoms with Gasteiger partial charge in [-0.2, -0.15) is 0 Å². The normalized spacial score (nSPS) is 10.5. The van der Waals surface area contributed by atoms with Crippen LogP contribution in [0.3, 0.4) is 0 Å². The highest BCUT2D eigenvalue weighted by Gasteiger charge is 2.14. The van der Waals surface area contributed by atoms with Gasteiger partial charge in [-0.3, -0.25) is 4.79 Å². The molecule has 0 unspecified atom stereocenters. The second-order valence-electron chi connectivity index (χ2n) is 4.84. The fourth-order valence-electron chi connectivity index (χ4n) is 1.89. The van der Waals surface area contributed by atoms with Gasteiger partial charge in [0.1, 0.15) is 5.75 Å². The van der Waals surface area contributed by atoms with Gasteiger partial charge in [-0.05, 0) is 65.2 Å². The van der Waals surface area contributed by atoms with Crippen LogP contribution in [-0.4, -0.2) is 31.0 Å². The van der Waals surface area contributed by atoms with E-state index in [9.17, 15) is 4.79 Å². The van der Waals surface area contributed by atoms with E-state index in [2.05, 4.69) is 15.9 Å². The summed E-state index contributed by atoms with van der Waals surface area (Å²) in [5.74, 6) is 1.02. The Bertz CT molecular complexity index is 612. The molecule has 0 saturated carbocycles. The van der Waals surface area contributed by atoms with E-state index in [1.54, 1.807) is 36.2 Å². The summed E-state index contributed by atoms with van der Waals surface area (Å²) in [6.07, 6.45) is 1.72. The predicted molar refractivity (Wildman–Crippen MR) is 89.5 cm³/mol. The lowest BCUT2D eigenvalue weighted by atomic mass is 10.3. The number of amides is 1. The molecule has 0 spiro atoms. The second-order valence-corrected chi connectivity index (χ2v) is 6.06. The van der Waals surface area contributed by atoms with Crippen LogP contribution in [0.1, 0.15) is 23.4 Å². The summed E-state index contributed by atoms with van der Waals surface area (Å²) in [5, 5.41) is 0.692. The molecule has 1 amide bonds. The molecule has 0 N–H and O–H groups in total. The molecular formula is C16H17BrClNO3. The van der Waals surface area contributed by atoms with Crippen LogP contribution in [0, 0.1) is 0 Å². The third-order valence-corrected chi connectivity index (χ3v) is 3.78. The van der Waals surface area contributed by atoms with Gasteiger partial charge in [0.2, 0.25) is 0 Å². The largest absolute Gasteiger partial charge is 0.494 e. The van der Waals surface area contributed by atoms with Crippen LogP contribution < -0.4 is 4.74 Å². The molecule has 0 radical (unpaired) electrons. The van der Waals surface area contributed by atoms with Gasteiger partial charge >= 0.3 is 0 Å². The minimum Gasteiger partial charge on any atom is -0.494 e. The number of halogens is 2. The lowest BCUT2D eigenvalue weighted by molar-refractivity contribution is 0.0758. The first-order valence-electron chi connectivity index (χ1n) is 6.95.